The molecule has 94 valence electrons. The summed E-state index contributed by atoms with van der Waals surface area (Å²) in [5.74, 6) is 0.692. The Hall–Kier alpha value is -1.49. The van der Waals surface area contributed by atoms with Gasteiger partial charge in [0.1, 0.15) is 10.3 Å². The number of pyridine rings is 1. The molecule has 5 heteroatoms. The number of hydrogen-bond donors (Lipinski definition) is 1. The fraction of sp³-hybridized carbons (Fsp3) is 0.308. The predicted octanol–water partition coefficient (Wildman–Crippen LogP) is 2.47. The molecule has 0 amide bonds. The van der Waals surface area contributed by atoms with Crippen molar-refractivity contribution in [2.45, 2.75) is 26.2 Å². The normalized spacial score (nSPS) is 10.6. The lowest BCUT2D eigenvalue weighted by molar-refractivity contribution is 0.822. The molecule has 2 aromatic rings. The summed E-state index contributed by atoms with van der Waals surface area (Å²) >= 11 is 3.28. The van der Waals surface area contributed by atoms with E-state index in [9.17, 15) is 4.79 Å². The molecule has 0 fully saturated rings. The zero-order valence-corrected chi connectivity index (χ0v) is 11.7. The van der Waals surface area contributed by atoms with Crippen LogP contribution in [0, 0.1) is 0 Å². The topological polar surface area (TPSA) is 58.6 Å². The molecule has 0 aliphatic heterocycles. The smallest absolute Gasteiger partial charge is 0.265 e. The molecule has 2 heterocycles. The van der Waals surface area contributed by atoms with E-state index < -0.39 is 0 Å². The second kappa shape index (κ2) is 5.91. The van der Waals surface area contributed by atoms with Crippen LogP contribution in [-0.2, 0) is 12.8 Å². The molecule has 0 aliphatic carbocycles. The molecule has 1 N–H and O–H groups in total. The zero-order chi connectivity index (χ0) is 13.0. The van der Waals surface area contributed by atoms with Crippen LogP contribution in [0.3, 0.4) is 0 Å². The predicted molar refractivity (Wildman–Crippen MR) is 73.6 cm³/mol. The first kappa shape index (κ1) is 13.0. The molecule has 0 unspecified atom stereocenters. The Morgan fingerprint density at radius 1 is 1.33 bits per heavy atom. The summed E-state index contributed by atoms with van der Waals surface area (Å²) in [5.41, 5.74) is 1.79. The van der Waals surface area contributed by atoms with Gasteiger partial charge in [-0.2, -0.15) is 0 Å². The van der Waals surface area contributed by atoms with Gasteiger partial charge in [-0.15, -0.1) is 0 Å². The molecule has 0 radical (unpaired) electrons. The highest BCUT2D eigenvalue weighted by molar-refractivity contribution is 9.10. The minimum absolute atomic E-state index is 0.113. The molecule has 0 aliphatic rings. The maximum atomic E-state index is 11.8. The van der Waals surface area contributed by atoms with Gasteiger partial charge < -0.3 is 4.98 Å². The molecular formula is C13H14BrN3O. The van der Waals surface area contributed by atoms with E-state index in [2.05, 4.69) is 37.8 Å². The summed E-state index contributed by atoms with van der Waals surface area (Å²) in [4.78, 5) is 23.0. The van der Waals surface area contributed by atoms with Crippen LogP contribution < -0.4 is 5.56 Å². The summed E-state index contributed by atoms with van der Waals surface area (Å²) in [6.45, 7) is 2.07. The Bertz CT molecular complexity index is 581. The third kappa shape index (κ3) is 3.04. The average Bonchev–Trinajstić information content (AvgIpc) is 2.37. The van der Waals surface area contributed by atoms with Gasteiger partial charge in [-0.1, -0.05) is 13.3 Å². The summed E-state index contributed by atoms with van der Waals surface area (Å²) in [7, 11) is 0. The number of aromatic amines is 1. The van der Waals surface area contributed by atoms with Crippen molar-refractivity contribution in [1.82, 2.24) is 15.0 Å². The molecule has 0 bridgehead atoms. The highest BCUT2D eigenvalue weighted by Gasteiger charge is 2.08. The largest absolute Gasteiger partial charge is 0.309 e. The first-order chi connectivity index (χ1) is 8.70. The first-order valence-electron chi connectivity index (χ1n) is 5.87. The quantitative estimate of drug-likeness (QED) is 0.944. The Kier molecular flexibility index (Phi) is 4.25. The summed E-state index contributed by atoms with van der Waals surface area (Å²) in [5, 5.41) is 0. The number of aryl methyl sites for hydroxylation is 1. The van der Waals surface area contributed by atoms with E-state index in [0.717, 1.165) is 24.1 Å². The van der Waals surface area contributed by atoms with Crippen molar-refractivity contribution in [2.75, 3.05) is 0 Å². The Morgan fingerprint density at radius 3 is 2.72 bits per heavy atom. The van der Waals surface area contributed by atoms with E-state index >= 15 is 0 Å². The van der Waals surface area contributed by atoms with Gasteiger partial charge in [0, 0.05) is 18.8 Å². The van der Waals surface area contributed by atoms with Crippen molar-refractivity contribution in [1.29, 1.82) is 0 Å². The van der Waals surface area contributed by atoms with Gasteiger partial charge >= 0.3 is 0 Å². The molecule has 2 aromatic heterocycles. The van der Waals surface area contributed by atoms with Crippen molar-refractivity contribution in [3.63, 3.8) is 0 Å². The molecule has 0 saturated heterocycles. The van der Waals surface area contributed by atoms with E-state index in [0.29, 0.717) is 16.7 Å². The molecule has 0 aromatic carbocycles. The van der Waals surface area contributed by atoms with Crippen LogP contribution in [0.2, 0.25) is 0 Å². The Balaban J connectivity index is 2.32. The molecule has 4 nitrogen and oxygen atoms in total. The van der Waals surface area contributed by atoms with Gasteiger partial charge in [-0.3, -0.25) is 9.78 Å². The van der Waals surface area contributed by atoms with Gasteiger partial charge in [-0.25, -0.2) is 4.98 Å². The number of halogens is 1. The van der Waals surface area contributed by atoms with Crippen LogP contribution in [-0.4, -0.2) is 15.0 Å². The van der Waals surface area contributed by atoms with Gasteiger partial charge in [0.15, 0.2) is 0 Å². The van der Waals surface area contributed by atoms with Crippen molar-refractivity contribution in [3.05, 3.63) is 56.4 Å². The molecular weight excluding hydrogens is 294 g/mol. The lowest BCUT2D eigenvalue weighted by atomic mass is 10.2. The number of H-pyrrole nitrogens is 1. The second-order valence-electron chi connectivity index (χ2n) is 4.06. The van der Waals surface area contributed by atoms with Crippen LogP contribution in [0.1, 0.15) is 30.4 Å². The molecule has 0 saturated carbocycles. The third-order valence-corrected chi connectivity index (χ3v) is 3.41. The van der Waals surface area contributed by atoms with Gasteiger partial charge in [0.05, 0.1) is 5.69 Å². The lowest BCUT2D eigenvalue weighted by Crippen LogP contribution is -2.16. The van der Waals surface area contributed by atoms with Crippen LogP contribution in [0.4, 0.5) is 0 Å². The van der Waals surface area contributed by atoms with Gasteiger partial charge in [-0.05, 0) is 40.0 Å². The van der Waals surface area contributed by atoms with E-state index in [1.807, 2.05) is 12.1 Å². The molecule has 18 heavy (non-hydrogen) atoms. The second-order valence-corrected chi connectivity index (χ2v) is 4.85. The van der Waals surface area contributed by atoms with Gasteiger partial charge in [0.2, 0.25) is 0 Å². The summed E-state index contributed by atoms with van der Waals surface area (Å²) in [6.07, 6.45) is 5.85. The maximum absolute atomic E-state index is 11.8. The first-order valence-corrected chi connectivity index (χ1v) is 6.66. The number of nitrogens with zero attached hydrogens (tertiary/aromatic N) is 2. The van der Waals surface area contributed by atoms with Crippen molar-refractivity contribution in [2.24, 2.45) is 0 Å². The number of rotatable bonds is 4. The standard InChI is InChI=1S/C13H14BrN3O/c1-2-3-10-12(14)13(18)17-11(16-10)8-9-4-6-15-7-5-9/h4-7H,2-3,8H2,1H3,(H,16,17,18). The molecule has 0 atom stereocenters. The molecule has 2 rings (SSSR count). The monoisotopic (exact) mass is 307 g/mol. The minimum Gasteiger partial charge on any atom is -0.309 e. The highest BCUT2D eigenvalue weighted by Crippen LogP contribution is 2.12. The summed E-state index contributed by atoms with van der Waals surface area (Å²) in [6, 6.07) is 3.84. The summed E-state index contributed by atoms with van der Waals surface area (Å²) < 4.78 is 0.544. The van der Waals surface area contributed by atoms with E-state index in [1.54, 1.807) is 12.4 Å². The van der Waals surface area contributed by atoms with E-state index in [-0.39, 0.29) is 5.56 Å². The fourth-order valence-corrected chi connectivity index (χ4v) is 2.12. The van der Waals surface area contributed by atoms with E-state index in [4.69, 9.17) is 0 Å². The SMILES string of the molecule is CCCc1nc(Cc2ccncc2)[nH]c(=O)c1Br. The highest BCUT2D eigenvalue weighted by atomic mass is 79.9. The van der Waals surface area contributed by atoms with Crippen LogP contribution >= 0.6 is 15.9 Å². The van der Waals surface area contributed by atoms with Crippen LogP contribution in [0.15, 0.2) is 33.8 Å². The third-order valence-electron chi connectivity index (χ3n) is 2.59. The van der Waals surface area contributed by atoms with Crippen LogP contribution in [0.5, 0.6) is 0 Å². The van der Waals surface area contributed by atoms with Crippen molar-refractivity contribution in [3.8, 4) is 0 Å². The Morgan fingerprint density at radius 2 is 2.06 bits per heavy atom. The zero-order valence-electron chi connectivity index (χ0n) is 10.1. The van der Waals surface area contributed by atoms with Crippen LogP contribution in [0.25, 0.3) is 0 Å². The minimum atomic E-state index is -0.113. The lowest BCUT2D eigenvalue weighted by Gasteiger charge is -2.05. The maximum Gasteiger partial charge on any atom is 0.265 e. The number of nitrogens with one attached hydrogen (secondary N) is 1. The van der Waals surface area contributed by atoms with Gasteiger partial charge in [0.25, 0.3) is 5.56 Å². The van der Waals surface area contributed by atoms with E-state index in [1.165, 1.54) is 0 Å². The van der Waals surface area contributed by atoms with Crippen molar-refractivity contribution >= 4 is 15.9 Å². The Labute approximate surface area is 114 Å². The number of hydrogen-bond acceptors (Lipinski definition) is 3. The average molecular weight is 308 g/mol. The van der Waals surface area contributed by atoms with Crippen molar-refractivity contribution < 1.29 is 0 Å². The number of aromatic nitrogens is 3. The molecule has 0 spiro atoms. The fourth-order valence-electron chi connectivity index (χ4n) is 1.74.